The molecule has 50 heavy (non-hydrogen) atoms. The van der Waals surface area contributed by atoms with Crippen LogP contribution in [-0.4, -0.2) is 0 Å². The second kappa shape index (κ2) is 11.8. The van der Waals surface area contributed by atoms with Crippen molar-refractivity contribution in [3.63, 3.8) is 0 Å². The van der Waals surface area contributed by atoms with Crippen molar-refractivity contribution in [3.05, 3.63) is 193 Å². The molecule has 0 radical (unpaired) electrons. The molecule has 9 aromatic rings. The van der Waals surface area contributed by atoms with Crippen LogP contribution in [0.15, 0.2) is 182 Å². The average molecular weight is 653 g/mol. The minimum absolute atomic E-state index is 1.01. The van der Waals surface area contributed by atoms with Crippen molar-refractivity contribution in [1.29, 1.82) is 0 Å². The molecule has 1 aromatic heterocycles. The van der Waals surface area contributed by atoms with Crippen LogP contribution in [0.4, 0.5) is 0 Å². The standard InChI is InChI=1S/C49H32S/c1-2-21-42-38(11-1)31-41-20-9-23-43(48(41)42)39-18-7-16-36(29-39)34-14-5-12-32(27-34)33-13-6-15-35(28-33)37-17-8-19-40(30-37)44-24-10-26-47-49(44)45-22-3-4-25-46(45)50-47/h1-30H,31H2. The molecule has 0 amide bonds. The molecule has 1 aliphatic carbocycles. The van der Waals surface area contributed by atoms with E-state index in [1.165, 1.54) is 98.1 Å². The van der Waals surface area contributed by atoms with E-state index in [-0.39, 0.29) is 0 Å². The second-order valence-electron chi connectivity index (χ2n) is 13.3. The molecule has 0 bridgehead atoms. The highest BCUT2D eigenvalue weighted by Crippen LogP contribution is 2.44. The number of benzene rings is 8. The Morgan fingerprint density at radius 3 is 1.44 bits per heavy atom. The summed E-state index contributed by atoms with van der Waals surface area (Å²) in [7, 11) is 0. The monoisotopic (exact) mass is 652 g/mol. The van der Waals surface area contributed by atoms with E-state index in [1.54, 1.807) is 0 Å². The van der Waals surface area contributed by atoms with E-state index in [0.717, 1.165) is 6.42 Å². The molecule has 0 fully saturated rings. The lowest BCUT2D eigenvalue weighted by molar-refractivity contribution is 1.26. The van der Waals surface area contributed by atoms with Crippen molar-refractivity contribution >= 4 is 31.5 Å². The van der Waals surface area contributed by atoms with Gasteiger partial charge in [0.15, 0.2) is 0 Å². The molecule has 0 saturated heterocycles. The Morgan fingerprint density at radius 1 is 0.320 bits per heavy atom. The van der Waals surface area contributed by atoms with Crippen molar-refractivity contribution in [2.45, 2.75) is 6.42 Å². The first-order valence-corrected chi connectivity index (χ1v) is 18.1. The maximum atomic E-state index is 2.36. The lowest BCUT2D eigenvalue weighted by Crippen LogP contribution is -1.88. The smallest absolute Gasteiger partial charge is 0.0361 e. The van der Waals surface area contributed by atoms with Crippen molar-refractivity contribution < 1.29 is 0 Å². The SMILES string of the molecule is c1cc(-c2cccc(-c3cccc(-c4cccc5sc6ccccc6c45)c3)c2)cc(-c2cccc(-c3cccc4c3-c3ccccc3C4)c2)c1. The Kier molecular flexibility index (Phi) is 6.85. The van der Waals surface area contributed by atoms with E-state index >= 15 is 0 Å². The zero-order valence-electron chi connectivity index (χ0n) is 27.4. The first-order chi connectivity index (χ1) is 24.8. The minimum atomic E-state index is 1.01. The van der Waals surface area contributed by atoms with Crippen LogP contribution in [0.2, 0.25) is 0 Å². The summed E-state index contributed by atoms with van der Waals surface area (Å²) in [5, 5.41) is 2.68. The summed E-state index contributed by atoms with van der Waals surface area (Å²) < 4.78 is 2.67. The Hall–Kier alpha value is -6.02. The lowest BCUT2D eigenvalue weighted by Gasteiger charge is -2.13. The van der Waals surface area contributed by atoms with Crippen molar-refractivity contribution in [2.24, 2.45) is 0 Å². The van der Waals surface area contributed by atoms with Gasteiger partial charge in [0, 0.05) is 20.2 Å². The third-order valence-corrected chi connectivity index (χ3v) is 11.4. The summed E-state index contributed by atoms with van der Waals surface area (Å²) in [6, 6.07) is 67.1. The van der Waals surface area contributed by atoms with Gasteiger partial charge in [-0.25, -0.2) is 0 Å². The van der Waals surface area contributed by atoms with Gasteiger partial charge >= 0.3 is 0 Å². The van der Waals surface area contributed by atoms with Crippen LogP contribution in [0.3, 0.4) is 0 Å². The first kappa shape index (κ1) is 28.9. The molecule has 0 saturated carbocycles. The average Bonchev–Trinajstić information content (AvgIpc) is 3.77. The molecule has 1 heteroatoms. The van der Waals surface area contributed by atoms with Crippen LogP contribution in [0.1, 0.15) is 11.1 Å². The summed E-state index contributed by atoms with van der Waals surface area (Å²) in [5.41, 5.74) is 18.0. The van der Waals surface area contributed by atoms with Gasteiger partial charge in [-0.15, -0.1) is 11.3 Å². The molecule has 0 aliphatic heterocycles. The summed E-state index contributed by atoms with van der Waals surface area (Å²) in [6.45, 7) is 0. The van der Waals surface area contributed by atoms with Gasteiger partial charge in [0.1, 0.15) is 0 Å². The van der Waals surface area contributed by atoms with Gasteiger partial charge in [-0.1, -0.05) is 146 Å². The third kappa shape index (κ3) is 4.90. The molecule has 0 N–H and O–H groups in total. The van der Waals surface area contributed by atoms with Crippen LogP contribution in [0.25, 0.3) is 86.9 Å². The van der Waals surface area contributed by atoms with E-state index < -0.39 is 0 Å². The van der Waals surface area contributed by atoms with Crippen LogP contribution in [0, 0.1) is 0 Å². The topological polar surface area (TPSA) is 0 Å². The predicted octanol–water partition coefficient (Wildman–Crippen LogP) is 14.0. The highest BCUT2D eigenvalue weighted by molar-refractivity contribution is 7.25. The van der Waals surface area contributed by atoms with E-state index in [0.29, 0.717) is 0 Å². The number of fused-ring (bicyclic) bond motifs is 6. The molecule has 0 unspecified atom stereocenters. The molecule has 0 nitrogen and oxygen atoms in total. The molecule has 8 aromatic carbocycles. The van der Waals surface area contributed by atoms with Crippen LogP contribution < -0.4 is 0 Å². The van der Waals surface area contributed by atoms with Crippen LogP contribution >= 0.6 is 11.3 Å². The highest BCUT2D eigenvalue weighted by Gasteiger charge is 2.21. The Balaban J connectivity index is 0.996. The summed E-state index contributed by atoms with van der Waals surface area (Å²) in [5.74, 6) is 0. The summed E-state index contributed by atoms with van der Waals surface area (Å²) in [6.07, 6.45) is 1.01. The van der Waals surface area contributed by atoms with E-state index in [9.17, 15) is 0 Å². The number of hydrogen-bond acceptors (Lipinski definition) is 1. The predicted molar refractivity (Wildman–Crippen MR) is 215 cm³/mol. The van der Waals surface area contributed by atoms with Gasteiger partial charge in [-0.3, -0.25) is 0 Å². The summed E-state index contributed by atoms with van der Waals surface area (Å²) >= 11 is 1.87. The zero-order valence-corrected chi connectivity index (χ0v) is 28.3. The molecular formula is C49H32S. The molecule has 10 rings (SSSR count). The van der Waals surface area contributed by atoms with Crippen molar-refractivity contribution in [2.75, 3.05) is 0 Å². The zero-order chi connectivity index (χ0) is 33.0. The van der Waals surface area contributed by atoms with Gasteiger partial charge in [-0.05, 0) is 121 Å². The lowest BCUT2D eigenvalue weighted by atomic mass is 9.91. The quantitative estimate of drug-likeness (QED) is 0.174. The number of thiophene rings is 1. The summed E-state index contributed by atoms with van der Waals surface area (Å²) in [4.78, 5) is 0. The number of hydrogen-bond donors (Lipinski definition) is 0. The molecule has 234 valence electrons. The highest BCUT2D eigenvalue weighted by atomic mass is 32.1. The van der Waals surface area contributed by atoms with E-state index in [4.69, 9.17) is 0 Å². The Labute approximate surface area is 296 Å². The minimum Gasteiger partial charge on any atom is -0.135 e. The van der Waals surface area contributed by atoms with E-state index in [1.807, 2.05) is 11.3 Å². The van der Waals surface area contributed by atoms with Gasteiger partial charge in [-0.2, -0.15) is 0 Å². The fourth-order valence-electron chi connectivity index (χ4n) is 7.93. The van der Waals surface area contributed by atoms with E-state index in [2.05, 4.69) is 182 Å². The Bertz CT molecular complexity index is 2740. The fourth-order valence-corrected chi connectivity index (χ4v) is 9.07. The molecule has 1 heterocycles. The van der Waals surface area contributed by atoms with Gasteiger partial charge < -0.3 is 0 Å². The Morgan fingerprint density at radius 2 is 0.760 bits per heavy atom. The first-order valence-electron chi connectivity index (χ1n) is 17.3. The van der Waals surface area contributed by atoms with Crippen LogP contribution in [-0.2, 0) is 6.42 Å². The third-order valence-electron chi connectivity index (χ3n) is 10.3. The maximum absolute atomic E-state index is 2.36. The van der Waals surface area contributed by atoms with Gasteiger partial charge in [0.2, 0.25) is 0 Å². The molecule has 0 spiro atoms. The van der Waals surface area contributed by atoms with Crippen molar-refractivity contribution in [3.8, 4) is 66.8 Å². The van der Waals surface area contributed by atoms with Crippen LogP contribution in [0.5, 0.6) is 0 Å². The number of rotatable bonds is 5. The second-order valence-corrected chi connectivity index (χ2v) is 14.4. The maximum Gasteiger partial charge on any atom is 0.0361 e. The van der Waals surface area contributed by atoms with Gasteiger partial charge in [0.25, 0.3) is 0 Å². The molecular weight excluding hydrogens is 621 g/mol. The van der Waals surface area contributed by atoms with Gasteiger partial charge in [0.05, 0.1) is 0 Å². The normalized spacial score (nSPS) is 11.9. The molecule has 1 aliphatic rings. The van der Waals surface area contributed by atoms with Crippen molar-refractivity contribution in [1.82, 2.24) is 0 Å². The largest absolute Gasteiger partial charge is 0.135 e. The molecule has 0 atom stereocenters. The fraction of sp³-hybridized carbons (Fsp3) is 0.0204.